The second-order valence-corrected chi connectivity index (χ2v) is 3.72. The highest BCUT2D eigenvalue weighted by Gasteiger charge is 2.10. The van der Waals surface area contributed by atoms with E-state index in [1.807, 2.05) is 0 Å². The summed E-state index contributed by atoms with van der Waals surface area (Å²) in [7, 11) is 0. The van der Waals surface area contributed by atoms with Gasteiger partial charge in [0, 0.05) is 5.33 Å². The highest BCUT2D eigenvalue weighted by molar-refractivity contribution is 9.09. The largest absolute Gasteiger partial charge is 0.435 e. The van der Waals surface area contributed by atoms with E-state index in [0.29, 0.717) is 12.0 Å². The molecule has 5 heteroatoms. The molecule has 1 aromatic rings. The Morgan fingerprint density at radius 1 is 1.33 bits per heavy atom. The molecule has 0 unspecified atom stereocenters. The Labute approximate surface area is 94.4 Å². The molecule has 0 saturated carbocycles. The van der Waals surface area contributed by atoms with Gasteiger partial charge in [-0.15, -0.1) is 0 Å². The smallest absolute Gasteiger partial charge is 0.387 e. The molecule has 0 saturated heterocycles. The summed E-state index contributed by atoms with van der Waals surface area (Å²) in [6, 6.07) is 3.56. The van der Waals surface area contributed by atoms with Crippen LogP contribution in [0.3, 0.4) is 0 Å². The molecule has 0 aliphatic heterocycles. The highest BCUT2D eigenvalue weighted by Crippen LogP contribution is 2.23. The molecule has 0 atom stereocenters. The van der Waals surface area contributed by atoms with Gasteiger partial charge < -0.3 is 4.74 Å². The number of halogens is 4. The van der Waals surface area contributed by atoms with Crippen LogP contribution in [-0.4, -0.2) is 11.9 Å². The quantitative estimate of drug-likeness (QED) is 0.748. The third kappa shape index (κ3) is 4.11. The SMILES string of the molecule is Fc1ccc(OC(F)F)c(CCCBr)c1. The van der Waals surface area contributed by atoms with E-state index in [2.05, 4.69) is 20.7 Å². The molecule has 1 aromatic carbocycles. The van der Waals surface area contributed by atoms with Crippen molar-refractivity contribution in [1.82, 2.24) is 0 Å². The maximum atomic E-state index is 12.9. The molecule has 15 heavy (non-hydrogen) atoms. The average molecular weight is 283 g/mol. The molecule has 0 radical (unpaired) electrons. The standard InChI is InChI=1S/C10H10BrF3O/c11-5-1-2-7-6-8(12)3-4-9(7)15-10(13)14/h3-4,6,10H,1-2,5H2. The predicted octanol–water partition coefficient (Wildman–Crippen LogP) is 3.75. The Hall–Kier alpha value is -0.710. The van der Waals surface area contributed by atoms with Crippen LogP contribution in [0.15, 0.2) is 18.2 Å². The van der Waals surface area contributed by atoms with Crippen LogP contribution in [0.25, 0.3) is 0 Å². The molecule has 1 rings (SSSR count). The zero-order chi connectivity index (χ0) is 11.3. The fraction of sp³-hybridized carbons (Fsp3) is 0.400. The van der Waals surface area contributed by atoms with Crippen molar-refractivity contribution in [3.8, 4) is 5.75 Å². The Balaban J connectivity index is 2.82. The van der Waals surface area contributed by atoms with Gasteiger partial charge in [-0.3, -0.25) is 0 Å². The molecule has 0 N–H and O–H groups in total. The number of hydrogen-bond donors (Lipinski definition) is 0. The number of alkyl halides is 3. The van der Waals surface area contributed by atoms with E-state index in [-0.39, 0.29) is 5.75 Å². The van der Waals surface area contributed by atoms with Crippen molar-refractivity contribution in [1.29, 1.82) is 0 Å². The maximum absolute atomic E-state index is 12.9. The van der Waals surface area contributed by atoms with E-state index in [0.717, 1.165) is 17.8 Å². The van der Waals surface area contributed by atoms with Gasteiger partial charge in [0.2, 0.25) is 0 Å². The number of aryl methyl sites for hydroxylation is 1. The predicted molar refractivity (Wildman–Crippen MR) is 55.1 cm³/mol. The molecule has 0 fully saturated rings. The Morgan fingerprint density at radius 2 is 2.07 bits per heavy atom. The molecular formula is C10H10BrF3O. The van der Waals surface area contributed by atoms with Crippen LogP contribution in [0.2, 0.25) is 0 Å². The first kappa shape index (κ1) is 12.4. The lowest BCUT2D eigenvalue weighted by Crippen LogP contribution is -2.05. The van der Waals surface area contributed by atoms with Crippen LogP contribution in [0, 0.1) is 5.82 Å². The monoisotopic (exact) mass is 282 g/mol. The summed E-state index contributed by atoms with van der Waals surface area (Å²) in [5.41, 5.74) is 0.467. The summed E-state index contributed by atoms with van der Waals surface area (Å²) in [5.74, 6) is -0.395. The van der Waals surface area contributed by atoms with E-state index < -0.39 is 12.4 Å². The third-order valence-corrected chi connectivity index (χ3v) is 2.38. The van der Waals surface area contributed by atoms with Gasteiger partial charge in [-0.1, -0.05) is 15.9 Å². The first-order valence-corrected chi connectivity index (χ1v) is 5.55. The van der Waals surface area contributed by atoms with E-state index in [4.69, 9.17) is 0 Å². The van der Waals surface area contributed by atoms with Crippen LogP contribution >= 0.6 is 15.9 Å². The van der Waals surface area contributed by atoms with E-state index in [1.54, 1.807) is 0 Å². The zero-order valence-electron chi connectivity index (χ0n) is 7.85. The van der Waals surface area contributed by atoms with Gasteiger partial charge in [0.05, 0.1) is 0 Å². The number of ether oxygens (including phenoxy) is 1. The van der Waals surface area contributed by atoms with Gasteiger partial charge in [-0.05, 0) is 36.6 Å². The molecular weight excluding hydrogens is 273 g/mol. The average Bonchev–Trinajstić information content (AvgIpc) is 2.18. The molecule has 0 spiro atoms. The van der Waals surface area contributed by atoms with Gasteiger partial charge >= 0.3 is 6.61 Å². The third-order valence-electron chi connectivity index (χ3n) is 1.82. The normalized spacial score (nSPS) is 10.7. The molecule has 84 valence electrons. The van der Waals surface area contributed by atoms with Crippen molar-refractivity contribution in [2.45, 2.75) is 19.5 Å². The van der Waals surface area contributed by atoms with Crippen molar-refractivity contribution in [2.24, 2.45) is 0 Å². The molecule has 0 bridgehead atoms. The topological polar surface area (TPSA) is 9.23 Å². The van der Waals surface area contributed by atoms with Crippen molar-refractivity contribution < 1.29 is 17.9 Å². The van der Waals surface area contributed by atoms with Crippen LogP contribution in [0.5, 0.6) is 5.75 Å². The van der Waals surface area contributed by atoms with Crippen molar-refractivity contribution in [2.75, 3.05) is 5.33 Å². The summed E-state index contributed by atoms with van der Waals surface area (Å²) < 4.78 is 41.1. The van der Waals surface area contributed by atoms with Gasteiger partial charge in [0.25, 0.3) is 0 Å². The van der Waals surface area contributed by atoms with Crippen molar-refractivity contribution in [3.05, 3.63) is 29.6 Å². The van der Waals surface area contributed by atoms with Gasteiger partial charge in [0.15, 0.2) is 0 Å². The van der Waals surface area contributed by atoms with Gasteiger partial charge in [-0.2, -0.15) is 8.78 Å². The summed E-state index contributed by atoms with van der Waals surface area (Å²) in [6.45, 7) is -2.88. The van der Waals surface area contributed by atoms with E-state index in [1.165, 1.54) is 12.1 Å². The highest BCUT2D eigenvalue weighted by atomic mass is 79.9. The maximum Gasteiger partial charge on any atom is 0.387 e. The van der Waals surface area contributed by atoms with Gasteiger partial charge in [0.1, 0.15) is 11.6 Å². The minimum atomic E-state index is -2.88. The summed E-state index contributed by atoms with van der Waals surface area (Å²) >= 11 is 3.22. The number of hydrogen-bond acceptors (Lipinski definition) is 1. The second kappa shape index (κ2) is 6.00. The Morgan fingerprint density at radius 3 is 2.67 bits per heavy atom. The Kier molecular flexibility index (Phi) is 4.94. The molecule has 0 aliphatic carbocycles. The molecule has 0 heterocycles. The lowest BCUT2D eigenvalue weighted by Gasteiger charge is -2.10. The summed E-state index contributed by atoms with van der Waals surface area (Å²) in [4.78, 5) is 0. The van der Waals surface area contributed by atoms with Crippen molar-refractivity contribution >= 4 is 15.9 Å². The van der Waals surface area contributed by atoms with Gasteiger partial charge in [-0.25, -0.2) is 4.39 Å². The van der Waals surface area contributed by atoms with Crippen LogP contribution < -0.4 is 4.74 Å². The lowest BCUT2D eigenvalue weighted by atomic mass is 10.1. The number of rotatable bonds is 5. The van der Waals surface area contributed by atoms with E-state index >= 15 is 0 Å². The molecule has 1 nitrogen and oxygen atoms in total. The summed E-state index contributed by atoms with van der Waals surface area (Å²) in [5, 5.41) is 0.734. The van der Waals surface area contributed by atoms with Crippen LogP contribution in [0.1, 0.15) is 12.0 Å². The molecule has 0 aromatic heterocycles. The zero-order valence-corrected chi connectivity index (χ0v) is 9.44. The van der Waals surface area contributed by atoms with Crippen LogP contribution in [0.4, 0.5) is 13.2 Å². The fourth-order valence-electron chi connectivity index (χ4n) is 1.21. The van der Waals surface area contributed by atoms with Crippen molar-refractivity contribution in [3.63, 3.8) is 0 Å². The second-order valence-electron chi connectivity index (χ2n) is 2.92. The fourth-order valence-corrected chi connectivity index (χ4v) is 1.49. The van der Waals surface area contributed by atoms with E-state index in [9.17, 15) is 13.2 Å². The number of benzene rings is 1. The first-order chi connectivity index (χ1) is 7.13. The van der Waals surface area contributed by atoms with Crippen LogP contribution in [-0.2, 0) is 6.42 Å². The Bertz CT molecular complexity index is 318. The molecule has 0 amide bonds. The lowest BCUT2D eigenvalue weighted by molar-refractivity contribution is -0.0505. The first-order valence-electron chi connectivity index (χ1n) is 4.42. The molecule has 0 aliphatic rings. The minimum Gasteiger partial charge on any atom is -0.435 e. The summed E-state index contributed by atoms with van der Waals surface area (Å²) in [6.07, 6.45) is 1.24. The minimum absolute atomic E-state index is 0.0485.